The van der Waals surface area contributed by atoms with Crippen molar-refractivity contribution >= 4 is 11.2 Å². The van der Waals surface area contributed by atoms with E-state index in [9.17, 15) is 0 Å². The van der Waals surface area contributed by atoms with Crippen LogP contribution >= 0.6 is 0 Å². The number of benzene rings is 2. The third-order valence-electron chi connectivity index (χ3n) is 5.68. The molecule has 0 bridgehead atoms. The summed E-state index contributed by atoms with van der Waals surface area (Å²) in [5.41, 5.74) is 7.14. The number of aryl methyl sites for hydroxylation is 2. The molecular weight excluding hydrogens is 414 g/mol. The fourth-order valence-corrected chi connectivity index (χ4v) is 4.09. The molecule has 0 aliphatic heterocycles. The minimum atomic E-state index is 0.582. The minimum Gasteiger partial charge on any atom is -0.478 e. The highest BCUT2D eigenvalue weighted by Gasteiger charge is 2.16. The van der Waals surface area contributed by atoms with Crippen LogP contribution in [-0.2, 0) is 13.0 Å². The second-order valence-electron chi connectivity index (χ2n) is 7.83. The molecule has 0 aliphatic carbocycles. The second kappa shape index (κ2) is 8.82. The summed E-state index contributed by atoms with van der Waals surface area (Å²) in [6, 6.07) is 18.6. The van der Waals surface area contributed by atoms with Gasteiger partial charge in [0.05, 0.1) is 13.2 Å². The van der Waals surface area contributed by atoms with Crippen LogP contribution in [0.3, 0.4) is 0 Å². The highest BCUT2D eigenvalue weighted by atomic mass is 16.5. The third-order valence-corrected chi connectivity index (χ3v) is 5.68. The van der Waals surface area contributed by atoms with Gasteiger partial charge in [-0.1, -0.05) is 55.5 Å². The first kappa shape index (κ1) is 20.8. The Hall–Kier alpha value is -4.07. The van der Waals surface area contributed by atoms with Crippen molar-refractivity contribution in [1.82, 2.24) is 35.2 Å². The molecule has 0 saturated heterocycles. The smallest absolute Gasteiger partial charge is 0.215 e. The van der Waals surface area contributed by atoms with Gasteiger partial charge in [0, 0.05) is 18.1 Å². The van der Waals surface area contributed by atoms with E-state index in [1.165, 1.54) is 5.56 Å². The van der Waals surface area contributed by atoms with Gasteiger partial charge >= 0.3 is 0 Å². The predicted molar refractivity (Wildman–Crippen MR) is 127 cm³/mol. The lowest BCUT2D eigenvalue weighted by molar-refractivity contribution is 0.327. The van der Waals surface area contributed by atoms with Gasteiger partial charge in [0.2, 0.25) is 11.7 Å². The Morgan fingerprint density at radius 3 is 2.45 bits per heavy atom. The maximum absolute atomic E-state index is 5.68. The minimum absolute atomic E-state index is 0.582. The number of fused-ring (bicyclic) bond motifs is 1. The van der Waals surface area contributed by atoms with Crippen molar-refractivity contribution in [2.45, 2.75) is 33.7 Å². The van der Waals surface area contributed by atoms with Crippen molar-refractivity contribution in [2.24, 2.45) is 0 Å². The SMILES string of the molecule is CCOc1cc(C)c2nc(CC)n(Cc3ccc(-c4ccccc4-c4nn[nH]n4)cc3)c2n1. The van der Waals surface area contributed by atoms with Crippen LogP contribution < -0.4 is 4.74 Å². The van der Waals surface area contributed by atoms with Crippen LogP contribution in [0.1, 0.15) is 30.8 Å². The lowest BCUT2D eigenvalue weighted by Crippen LogP contribution is -2.06. The van der Waals surface area contributed by atoms with Gasteiger partial charge in [0.1, 0.15) is 11.3 Å². The molecule has 0 atom stereocenters. The maximum Gasteiger partial charge on any atom is 0.215 e. The topological polar surface area (TPSA) is 94.4 Å². The number of aromatic nitrogens is 7. The quantitative estimate of drug-likeness (QED) is 0.398. The van der Waals surface area contributed by atoms with E-state index in [0.29, 0.717) is 24.9 Å². The van der Waals surface area contributed by atoms with E-state index in [2.05, 4.69) is 69.4 Å². The van der Waals surface area contributed by atoms with Crippen LogP contribution in [0.5, 0.6) is 5.88 Å². The zero-order valence-corrected chi connectivity index (χ0v) is 18.9. The highest BCUT2D eigenvalue weighted by molar-refractivity contribution is 5.80. The molecule has 0 radical (unpaired) electrons. The molecule has 0 spiro atoms. The largest absolute Gasteiger partial charge is 0.478 e. The molecule has 3 heterocycles. The van der Waals surface area contributed by atoms with Gasteiger partial charge < -0.3 is 9.30 Å². The van der Waals surface area contributed by atoms with Gasteiger partial charge in [-0.2, -0.15) is 10.2 Å². The van der Waals surface area contributed by atoms with Gasteiger partial charge in [0.25, 0.3) is 0 Å². The van der Waals surface area contributed by atoms with Crippen molar-refractivity contribution in [3.8, 4) is 28.4 Å². The molecule has 2 aromatic carbocycles. The summed E-state index contributed by atoms with van der Waals surface area (Å²) in [5.74, 6) is 2.24. The molecule has 0 fully saturated rings. The van der Waals surface area contributed by atoms with Crippen LogP contribution in [0.4, 0.5) is 0 Å². The number of rotatable bonds is 7. The van der Waals surface area contributed by atoms with E-state index < -0.39 is 0 Å². The first-order valence-corrected chi connectivity index (χ1v) is 11.1. The number of aromatic amines is 1. The Balaban J connectivity index is 1.50. The predicted octanol–water partition coefficient (Wildman–Crippen LogP) is 4.60. The van der Waals surface area contributed by atoms with E-state index in [-0.39, 0.29) is 0 Å². The summed E-state index contributed by atoms with van der Waals surface area (Å²) in [7, 11) is 0. The number of nitrogens with one attached hydrogen (secondary N) is 1. The van der Waals surface area contributed by atoms with Crippen molar-refractivity contribution in [2.75, 3.05) is 6.61 Å². The van der Waals surface area contributed by atoms with Gasteiger partial charge in [0.15, 0.2) is 5.65 Å². The summed E-state index contributed by atoms with van der Waals surface area (Å²) in [6.07, 6.45) is 0.829. The molecule has 166 valence electrons. The Morgan fingerprint density at radius 2 is 1.76 bits per heavy atom. The molecule has 8 heteroatoms. The number of hydrogen-bond donors (Lipinski definition) is 1. The summed E-state index contributed by atoms with van der Waals surface area (Å²) in [4.78, 5) is 9.61. The Kier molecular flexibility index (Phi) is 5.56. The summed E-state index contributed by atoms with van der Waals surface area (Å²) in [5, 5.41) is 14.5. The zero-order chi connectivity index (χ0) is 22.8. The molecule has 8 nitrogen and oxygen atoms in total. The number of hydrogen-bond acceptors (Lipinski definition) is 6. The first-order valence-electron chi connectivity index (χ1n) is 11.1. The van der Waals surface area contributed by atoms with Gasteiger partial charge in [-0.05, 0) is 41.3 Å². The van der Waals surface area contributed by atoms with Crippen LogP contribution in [0.15, 0.2) is 54.6 Å². The van der Waals surface area contributed by atoms with E-state index in [0.717, 1.165) is 45.7 Å². The average Bonchev–Trinajstić information content (AvgIpc) is 3.49. The van der Waals surface area contributed by atoms with E-state index in [1.807, 2.05) is 31.2 Å². The number of pyridine rings is 1. The molecule has 3 aromatic heterocycles. The molecule has 33 heavy (non-hydrogen) atoms. The number of imidazole rings is 1. The lowest BCUT2D eigenvalue weighted by Gasteiger charge is -2.11. The maximum atomic E-state index is 5.68. The summed E-state index contributed by atoms with van der Waals surface area (Å²) < 4.78 is 7.87. The standard InChI is InChI=1S/C25H25N7O/c1-4-21-26-23-16(3)14-22(33-5-2)27-25(23)32(21)15-17-10-12-18(13-11-17)19-8-6-7-9-20(19)24-28-30-31-29-24/h6-14H,4-5,15H2,1-3H3,(H,28,29,30,31). The number of nitrogens with zero attached hydrogens (tertiary/aromatic N) is 6. The highest BCUT2D eigenvalue weighted by Crippen LogP contribution is 2.30. The van der Waals surface area contributed by atoms with Crippen molar-refractivity contribution in [3.63, 3.8) is 0 Å². The molecule has 0 saturated carbocycles. The summed E-state index contributed by atoms with van der Waals surface area (Å²) in [6.45, 7) is 7.41. The number of tetrazole rings is 1. The second-order valence-corrected chi connectivity index (χ2v) is 7.83. The van der Waals surface area contributed by atoms with Crippen molar-refractivity contribution < 1.29 is 4.74 Å². The molecule has 5 aromatic rings. The monoisotopic (exact) mass is 439 g/mol. The van der Waals surface area contributed by atoms with Crippen molar-refractivity contribution in [3.05, 3.63) is 71.5 Å². The van der Waals surface area contributed by atoms with E-state index in [4.69, 9.17) is 14.7 Å². The molecule has 0 amide bonds. The number of H-pyrrole nitrogens is 1. The van der Waals surface area contributed by atoms with Crippen LogP contribution in [0, 0.1) is 6.92 Å². The number of ether oxygens (including phenoxy) is 1. The molecule has 0 unspecified atom stereocenters. The molecule has 5 rings (SSSR count). The Labute approximate surface area is 191 Å². The van der Waals surface area contributed by atoms with Crippen LogP contribution in [-0.4, -0.2) is 41.8 Å². The fourth-order valence-electron chi connectivity index (χ4n) is 4.09. The van der Waals surface area contributed by atoms with Gasteiger partial charge in [-0.3, -0.25) is 0 Å². The van der Waals surface area contributed by atoms with Crippen LogP contribution in [0.25, 0.3) is 33.7 Å². The average molecular weight is 440 g/mol. The third kappa shape index (κ3) is 3.95. The Morgan fingerprint density at radius 1 is 0.970 bits per heavy atom. The van der Waals surface area contributed by atoms with Crippen LogP contribution in [0.2, 0.25) is 0 Å². The molecular formula is C25H25N7O. The first-order chi connectivity index (χ1) is 16.2. The van der Waals surface area contributed by atoms with E-state index in [1.54, 1.807) is 0 Å². The van der Waals surface area contributed by atoms with Crippen molar-refractivity contribution in [1.29, 1.82) is 0 Å². The zero-order valence-electron chi connectivity index (χ0n) is 18.9. The Bertz CT molecular complexity index is 1390. The summed E-state index contributed by atoms with van der Waals surface area (Å²) >= 11 is 0. The fraction of sp³-hybridized carbons (Fsp3) is 0.240. The lowest BCUT2D eigenvalue weighted by atomic mass is 9.98. The van der Waals surface area contributed by atoms with Gasteiger partial charge in [-0.15, -0.1) is 10.2 Å². The molecule has 0 aliphatic rings. The van der Waals surface area contributed by atoms with E-state index >= 15 is 0 Å². The van der Waals surface area contributed by atoms with Gasteiger partial charge in [-0.25, -0.2) is 4.98 Å². The molecule has 1 N–H and O–H groups in total. The normalized spacial score (nSPS) is 11.2.